The van der Waals surface area contributed by atoms with E-state index in [0.29, 0.717) is 0 Å². The van der Waals surface area contributed by atoms with Crippen molar-refractivity contribution in [2.75, 3.05) is 0 Å². The topological polar surface area (TPSA) is 57.5 Å². The summed E-state index contributed by atoms with van der Waals surface area (Å²) in [7, 11) is 0. The minimum atomic E-state index is -1.83. The molecule has 0 spiro atoms. The Bertz CT molecular complexity index is 27.9. The third-order valence-electron chi connectivity index (χ3n) is 0. The molecule has 3 radical (unpaired) electrons. The molecule has 0 aromatic carbocycles. The SMILES string of the molecule is O=C(O)O.[CH]. The average molecular weight is 75.0 g/mol. The fourth-order valence-corrected chi connectivity index (χ4v) is 0. The summed E-state index contributed by atoms with van der Waals surface area (Å²) in [5.74, 6) is 0. The molecule has 0 heterocycles. The van der Waals surface area contributed by atoms with Gasteiger partial charge >= 0.3 is 6.16 Å². The number of hydrogen-bond acceptors (Lipinski definition) is 1. The molecule has 2 N–H and O–H groups in total. The van der Waals surface area contributed by atoms with Crippen molar-refractivity contribution < 1.29 is 15.0 Å². The van der Waals surface area contributed by atoms with Crippen molar-refractivity contribution in [3.8, 4) is 0 Å². The van der Waals surface area contributed by atoms with Crippen molar-refractivity contribution in [1.82, 2.24) is 0 Å². The molecule has 5 heavy (non-hydrogen) atoms. The number of rotatable bonds is 0. The molecule has 0 saturated carbocycles. The van der Waals surface area contributed by atoms with E-state index in [1.807, 2.05) is 0 Å². The van der Waals surface area contributed by atoms with E-state index in [1.165, 1.54) is 0 Å². The molecule has 0 bridgehead atoms. The second kappa shape index (κ2) is 3.27. The first-order valence-corrected chi connectivity index (χ1v) is 0.651. The minimum absolute atomic E-state index is 0. The monoisotopic (exact) mass is 75.0 g/mol. The zero-order chi connectivity index (χ0) is 3.58. The van der Waals surface area contributed by atoms with Gasteiger partial charge in [0.05, 0.1) is 0 Å². The Hall–Kier alpha value is -0.730. The van der Waals surface area contributed by atoms with Crippen LogP contribution in [0.2, 0.25) is 0 Å². The maximum absolute atomic E-state index is 8.56. The van der Waals surface area contributed by atoms with E-state index in [0.717, 1.165) is 0 Å². The van der Waals surface area contributed by atoms with Crippen LogP contribution in [0.1, 0.15) is 0 Å². The molecule has 0 aromatic rings. The molecule has 0 saturated heterocycles. The molecule has 0 rings (SSSR count). The quantitative estimate of drug-likeness (QED) is 0.439. The highest BCUT2D eigenvalue weighted by Gasteiger charge is 1.70. The van der Waals surface area contributed by atoms with E-state index in [9.17, 15) is 0 Å². The molecular weight excluding hydrogens is 72.0 g/mol. The Balaban J connectivity index is 0. The first-order valence-electron chi connectivity index (χ1n) is 0.651. The minimum Gasteiger partial charge on any atom is -0.450 e. The highest BCUT2D eigenvalue weighted by molar-refractivity contribution is 5.53. The zero-order valence-corrected chi connectivity index (χ0v) is 2.38. The molecular formula is C2H3O3. The maximum atomic E-state index is 8.56. The lowest BCUT2D eigenvalue weighted by atomic mass is 11.5. The van der Waals surface area contributed by atoms with E-state index in [4.69, 9.17) is 15.0 Å². The average Bonchev–Trinajstić information content (AvgIpc) is 0.811. The summed E-state index contributed by atoms with van der Waals surface area (Å²) < 4.78 is 0. The molecule has 0 aliphatic carbocycles. The molecule has 29 valence electrons. The van der Waals surface area contributed by atoms with Gasteiger partial charge in [-0.1, -0.05) is 0 Å². The van der Waals surface area contributed by atoms with Gasteiger partial charge in [-0.2, -0.15) is 0 Å². The Morgan fingerprint density at radius 1 is 1.40 bits per heavy atom. The maximum Gasteiger partial charge on any atom is 0.503 e. The van der Waals surface area contributed by atoms with Crippen LogP contribution in [0.4, 0.5) is 4.79 Å². The van der Waals surface area contributed by atoms with Gasteiger partial charge in [0.2, 0.25) is 0 Å². The summed E-state index contributed by atoms with van der Waals surface area (Å²) in [6, 6.07) is 0. The summed E-state index contributed by atoms with van der Waals surface area (Å²) >= 11 is 0. The summed E-state index contributed by atoms with van der Waals surface area (Å²) in [6.07, 6.45) is -1.83. The zero-order valence-electron chi connectivity index (χ0n) is 2.38. The van der Waals surface area contributed by atoms with Gasteiger partial charge in [-0.05, 0) is 7.43 Å². The molecule has 3 nitrogen and oxygen atoms in total. The fourth-order valence-electron chi connectivity index (χ4n) is 0. The molecule has 0 aliphatic rings. The third-order valence-corrected chi connectivity index (χ3v) is 0. The smallest absolute Gasteiger partial charge is 0.450 e. The van der Waals surface area contributed by atoms with Crippen LogP contribution in [0.15, 0.2) is 0 Å². The van der Waals surface area contributed by atoms with Gasteiger partial charge < -0.3 is 10.2 Å². The van der Waals surface area contributed by atoms with Crippen molar-refractivity contribution in [2.24, 2.45) is 0 Å². The highest BCUT2D eigenvalue weighted by atomic mass is 16.6. The van der Waals surface area contributed by atoms with Crippen molar-refractivity contribution in [3.05, 3.63) is 7.43 Å². The standard InChI is InChI=1S/CH2O3.CH/c2-1(3)4;/h(H2,2,3,4);1H. The van der Waals surface area contributed by atoms with Gasteiger partial charge in [0, 0.05) is 0 Å². The van der Waals surface area contributed by atoms with Gasteiger partial charge in [0.1, 0.15) is 0 Å². The van der Waals surface area contributed by atoms with Gasteiger partial charge in [-0.25, -0.2) is 4.79 Å². The van der Waals surface area contributed by atoms with Crippen molar-refractivity contribution >= 4 is 6.16 Å². The summed E-state index contributed by atoms with van der Waals surface area (Å²) in [4.78, 5) is 8.56. The largest absolute Gasteiger partial charge is 0.503 e. The molecule has 0 amide bonds. The molecule has 0 unspecified atom stereocenters. The van der Waals surface area contributed by atoms with Gasteiger partial charge in [0.25, 0.3) is 0 Å². The molecule has 0 aromatic heterocycles. The highest BCUT2D eigenvalue weighted by Crippen LogP contribution is 1.42. The summed E-state index contributed by atoms with van der Waals surface area (Å²) in [6.45, 7) is 0. The number of carboxylic acid groups (broad SMARTS) is 2. The lowest BCUT2D eigenvalue weighted by Crippen LogP contribution is -1.81. The third kappa shape index (κ3) is 9.90. The van der Waals surface area contributed by atoms with Crippen LogP contribution in [-0.2, 0) is 0 Å². The van der Waals surface area contributed by atoms with Crippen LogP contribution in [0, 0.1) is 7.43 Å². The second-order valence-corrected chi connectivity index (χ2v) is 0.283. The van der Waals surface area contributed by atoms with Crippen molar-refractivity contribution in [1.29, 1.82) is 0 Å². The lowest BCUT2D eigenvalue weighted by Gasteiger charge is -1.60. The Morgan fingerprint density at radius 2 is 1.40 bits per heavy atom. The lowest BCUT2D eigenvalue weighted by molar-refractivity contribution is 0.137. The van der Waals surface area contributed by atoms with E-state index in [1.54, 1.807) is 0 Å². The Morgan fingerprint density at radius 3 is 1.40 bits per heavy atom. The first-order chi connectivity index (χ1) is 1.73. The predicted molar refractivity (Wildman–Crippen MR) is 15.0 cm³/mol. The van der Waals surface area contributed by atoms with Gasteiger partial charge in [-0.15, -0.1) is 0 Å². The predicted octanol–water partition coefficient (Wildman–Crippen LogP) is 0.427. The first kappa shape index (κ1) is 8.86. The van der Waals surface area contributed by atoms with Crippen molar-refractivity contribution in [2.45, 2.75) is 0 Å². The molecule has 3 heteroatoms. The van der Waals surface area contributed by atoms with Crippen LogP contribution in [0.25, 0.3) is 0 Å². The van der Waals surface area contributed by atoms with Gasteiger partial charge in [0.15, 0.2) is 0 Å². The molecule has 0 fully saturated rings. The fraction of sp³-hybridized carbons (Fsp3) is 0. The van der Waals surface area contributed by atoms with Crippen LogP contribution in [0.5, 0.6) is 0 Å². The Kier molecular flexibility index (Phi) is 5.79. The van der Waals surface area contributed by atoms with Crippen LogP contribution < -0.4 is 0 Å². The summed E-state index contributed by atoms with van der Waals surface area (Å²) in [5, 5.41) is 13.9. The van der Waals surface area contributed by atoms with Crippen LogP contribution in [0.3, 0.4) is 0 Å². The molecule has 0 atom stereocenters. The van der Waals surface area contributed by atoms with Gasteiger partial charge in [-0.3, -0.25) is 0 Å². The number of hydrogen-bond donors (Lipinski definition) is 2. The Labute approximate surface area is 29.9 Å². The summed E-state index contributed by atoms with van der Waals surface area (Å²) in [5.41, 5.74) is 0. The van der Waals surface area contributed by atoms with E-state index in [2.05, 4.69) is 0 Å². The van der Waals surface area contributed by atoms with Crippen molar-refractivity contribution in [3.63, 3.8) is 0 Å². The molecule has 0 aliphatic heterocycles. The normalized spacial score (nSPS) is 4.80. The van der Waals surface area contributed by atoms with Crippen LogP contribution in [-0.4, -0.2) is 16.4 Å². The van der Waals surface area contributed by atoms with Crippen LogP contribution >= 0.6 is 0 Å². The van der Waals surface area contributed by atoms with E-state index in [-0.39, 0.29) is 7.43 Å². The van der Waals surface area contributed by atoms with E-state index < -0.39 is 6.16 Å². The van der Waals surface area contributed by atoms with E-state index >= 15 is 0 Å². The number of carbonyl (C=O) groups is 1. The second-order valence-electron chi connectivity index (χ2n) is 0.283.